The van der Waals surface area contributed by atoms with Crippen molar-refractivity contribution in [3.8, 4) is 0 Å². The first kappa shape index (κ1) is 15.6. The third-order valence-corrected chi connectivity index (χ3v) is 4.19. The molecule has 2 aromatic rings. The molecule has 0 bridgehead atoms. The van der Waals surface area contributed by atoms with E-state index in [0.717, 1.165) is 10.7 Å². The second-order valence-electron chi connectivity index (χ2n) is 5.32. The topological polar surface area (TPSA) is 46.9 Å². The lowest BCUT2D eigenvalue weighted by molar-refractivity contribution is 0.0922. The molecule has 0 saturated heterocycles. The lowest BCUT2D eigenvalue weighted by atomic mass is 10.0. The van der Waals surface area contributed by atoms with E-state index in [0.29, 0.717) is 5.56 Å². The van der Waals surface area contributed by atoms with Crippen LogP contribution in [0.3, 0.4) is 0 Å². The van der Waals surface area contributed by atoms with Crippen molar-refractivity contribution < 1.29 is 4.79 Å². The third kappa shape index (κ3) is 3.67. The molecule has 0 radical (unpaired) electrons. The van der Waals surface area contributed by atoms with Crippen molar-refractivity contribution in [1.82, 2.24) is 14.9 Å². The fraction of sp³-hybridized carbons (Fsp3) is 0.375. The summed E-state index contributed by atoms with van der Waals surface area (Å²) in [5.74, 6) is 1.07. The molecule has 0 saturated carbocycles. The van der Waals surface area contributed by atoms with Gasteiger partial charge in [-0.25, -0.2) is 4.98 Å². The summed E-state index contributed by atoms with van der Waals surface area (Å²) in [6, 6.07) is 7.54. The van der Waals surface area contributed by atoms with Gasteiger partial charge in [0, 0.05) is 29.9 Å². The number of benzene rings is 1. The number of hydrogen-bond acceptors (Lipinski definition) is 3. The van der Waals surface area contributed by atoms with Gasteiger partial charge < -0.3 is 9.88 Å². The van der Waals surface area contributed by atoms with E-state index in [9.17, 15) is 4.79 Å². The summed E-state index contributed by atoms with van der Waals surface area (Å²) in [6.45, 7) is 4.16. The Kier molecular flexibility index (Phi) is 5.07. The highest BCUT2D eigenvalue weighted by Crippen LogP contribution is 2.21. The van der Waals surface area contributed by atoms with Crippen LogP contribution in [0.2, 0.25) is 0 Å². The molecule has 1 amide bonds. The van der Waals surface area contributed by atoms with Gasteiger partial charge in [0.05, 0.1) is 6.04 Å². The summed E-state index contributed by atoms with van der Waals surface area (Å²) in [5.41, 5.74) is 0.674. The molecule has 0 aliphatic heterocycles. The van der Waals surface area contributed by atoms with Crippen LogP contribution in [0.25, 0.3) is 0 Å². The molecule has 4 nitrogen and oxygen atoms in total. The van der Waals surface area contributed by atoms with Gasteiger partial charge in [-0.3, -0.25) is 4.79 Å². The minimum absolute atomic E-state index is 0.0654. The summed E-state index contributed by atoms with van der Waals surface area (Å²) < 4.78 is 1.95. The van der Waals surface area contributed by atoms with Crippen LogP contribution in [0.15, 0.2) is 41.6 Å². The average molecular weight is 303 g/mol. The van der Waals surface area contributed by atoms with Crippen molar-refractivity contribution in [3.63, 3.8) is 0 Å². The van der Waals surface area contributed by atoms with E-state index < -0.39 is 0 Å². The Morgan fingerprint density at radius 1 is 1.29 bits per heavy atom. The molecule has 1 aromatic carbocycles. The Labute approximate surface area is 130 Å². The van der Waals surface area contributed by atoms with Crippen LogP contribution in [0.5, 0.6) is 0 Å². The average Bonchev–Trinajstić information content (AvgIpc) is 2.90. The van der Waals surface area contributed by atoms with Crippen LogP contribution in [-0.2, 0) is 7.05 Å². The minimum atomic E-state index is -0.0993. The molecule has 21 heavy (non-hydrogen) atoms. The number of hydrogen-bond donors (Lipinski definition) is 1. The molecule has 0 aliphatic rings. The number of nitrogens with zero attached hydrogens (tertiary/aromatic N) is 2. The summed E-state index contributed by atoms with van der Waals surface area (Å²) in [7, 11) is 1.94. The predicted molar refractivity (Wildman–Crippen MR) is 86.5 cm³/mol. The lowest BCUT2D eigenvalue weighted by Gasteiger charge is -2.22. The number of carbonyl (C=O) groups excluding carboxylic acids is 1. The Hall–Kier alpha value is -1.75. The van der Waals surface area contributed by atoms with E-state index in [1.807, 2.05) is 48.3 Å². The van der Waals surface area contributed by atoms with E-state index in [1.165, 1.54) is 0 Å². The van der Waals surface area contributed by atoms with Gasteiger partial charge in [0.1, 0.15) is 5.82 Å². The maximum Gasteiger partial charge on any atom is 0.251 e. The molecule has 5 heteroatoms. The van der Waals surface area contributed by atoms with Gasteiger partial charge in [0.2, 0.25) is 0 Å². The number of nitrogens with one attached hydrogen (secondary N) is 1. The number of amides is 1. The lowest BCUT2D eigenvalue weighted by Crippen LogP contribution is -2.33. The third-order valence-electron chi connectivity index (χ3n) is 3.44. The Morgan fingerprint density at radius 2 is 1.95 bits per heavy atom. The summed E-state index contributed by atoms with van der Waals surface area (Å²) in [4.78, 5) is 17.9. The largest absolute Gasteiger partial charge is 0.342 e. The second kappa shape index (κ2) is 6.80. The van der Waals surface area contributed by atoms with Gasteiger partial charge in [-0.1, -0.05) is 13.8 Å². The van der Waals surface area contributed by atoms with E-state index in [1.54, 1.807) is 18.0 Å². The first-order valence-corrected chi connectivity index (χ1v) is 8.17. The number of thioether (sulfide) groups is 1. The van der Waals surface area contributed by atoms with Crippen molar-refractivity contribution in [1.29, 1.82) is 0 Å². The first-order chi connectivity index (χ1) is 10.0. The van der Waals surface area contributed by atoms with Gasteiger partial charge in [-0.2, -0.15) is 0 Å². The van der Waals surface area contributed by atoms with Crippen molar-refractivity contribution in [2.75, 3.05) is 6.26 Å². The highest BCUT2D eigenvalue weighted by Gasteiger charge is 2.22. The highest BCUT2D eigenvalue weighted by atomic mass is 32.2. The zero-order chi connectivity index (χ0) is 15.4. The fourth-order valence-electron chi connectivity index (χ4n) is 2.17. The maximum absolute atomic E-state index is 12.4. The van der Waals surface area contributed by atoms with E-state index in [-0.39, 0.29) is 17.9 Å². The van der Waals surface area contributed by atoms with Gasteiger partial charge in [0.15, 0.2) is 0 Å². The van der Waals surface area contributed by atoms with Crippen molar-refractivity contribution in [2.24, 2.45) is 13.0 Å². The number of aromatic nitrogens is 2. The second-order valence-corrected chi connectivity index (χ2v) is 6.20. The quantitative estimate of drug-likeness (QED) is 0.862. The standard InChI is InChI=1S/C16H21N3OS/c1-11(2)14(15-17-9-10-19(15)3)18-16(20)12-5-7-13(21-4)8-6-12/h5-11,14H,1-4H3,(H,18,20)/t14-/m0/s1. The highest BCUT2D eigenvalue weighted by molar-refractivity contribution is 7.98. The Bertz CT molecular complexity index is 604. The SMILES string of the molecule is CSc1ccc(C(=O)N[C@H](c2nccn2C)C(C)C)cc1. The minimum Gasteiger partial charge on any atom is -0.342 e. The van der Waals surface area contributed by atoms with Gasteiger partial charge >= 0.3 is 0 Å². The smallest absolute Gasteiger partial charge is 0.251 e. The molecule has 2 rings (SSSR count). The van der Waals surface area contributed by atoms with Crippen LogP contribution in [0, 0.1) is 5.92 Å². The molecule has 0 unspecified atom stereocenters. The van der Waals surface area contributed by atoms with Crippen LogP contribution < -0.4 is 5.32 Å². The van der Waals surface area contributed by atoms with Crippen LogP contribution in [0.1, 0.15) is 36.1 Å². The van der Waals surface area contributed by atoms with E-state index >= 15 is 0 Å². The van der Waals surface area contributed by atoms with Crippen molar-refractivity contribution in [2.45, 2.75) is 24.8 Å². The Balaban J connectivity index is 2.16. The molecule has 1 N–H and O–H groups in total. The zero-order valence-electron chi connectivity index (χ0n) is 12.8. The molecule has 1 heterocycles. The molecule has 0 spiro atoms. The number of carbonyl (C=O) groups is 1. The van der Waals surface area contributed by atoms with Crippen LogP contribution >= 0.6 is 11.8 Å². The van der Waals surface area contributed by atoms with Gasteiger partial charge in [-0.15, -0.1) is 11.8 Å². The Morgan fingerprint density at radius 3 is 2.43 bits per heavy atom. The van der Waals surface area contributed by atoms with E-state index in [2.05, 4.69) is 24.1 Å². The molecule has 0 aliphatic carbocycles. The van der Waals surface area contributed by atoms with E-state index in [4.69, 9.17) is 0 Å². The fourth-order valence-corrected chi connectivity index (χ4v) is 2.58. The summed E-state index contributed by atoms with van der Waals surface area (Å²) >= 11 is 1.66. The molecule has 112 valence electrons. The molecular formula is C16H21N3OS. The maximum atomic E-state index is 12.4. The van der Waals surface area contributed by atoms with Crippen LogP contribution in [-0.4, -0.2) is 21.7 Å². The summed E-state index contributed by atoms with van der Waals surface area (Å²) in [6.07, 6.45) is 5.67. The van der Waals surface area contributed by atoms with Crippen molar-refractivity contribution in [3.05, 3.63) is 48.0 Å². The molecule has 1 atom stereocenters. The molecular weight excluding hydrogens is 282 g/mol. The van der Waals surface area contributed by atoms with Crippen LogP contribution in [0.4, 0.5) is 0 Å². The normalized spacial score (nSPS) is 12.4. The molecule has 1 aromatic heterocycles. The van der Waals surface area contributed by atoms with Crippen molar-refractivity contribution >= 4 is 17.7 Å². The first-order valence-electron chi connectivity index (χ1n) is 6.95. The number of aryl methyl sites for hydroxylation is 1. The number of imidazole rings is 1. The van der Waals surface area contributed by atoms with Gasteiger partial charge in [-0.05, 0) is 36.4 Å². The van der Waals surface area contributed by atoms with Gasteiger partial charge in [0.25, 0.3) is 5.91 Å². The monoisotopic (exact) mass is 303 g/mol. The predicted octanol–water partition coefficient (Wildman–Crippen LogP) is 3.27. The summed E-state index contributed by atoms with van der Waals surface area (Å²) in [5, 5.41) is 3.08. The number of rotatable bonds is 5. The molecule has 0 fully saturated rings. The zero-order valence-corrected chi connectivity index (χ0v) is 13.6.